The summed E-state index contributed by atoms with van der Waals surface area (Å²) >= 11 is 0. The molecule has 0 amide bonds. The minimum atomic E-state index is -4.71. The van der Waals surface area contributed by atoms with Crippen LogP contribution in [0.15, 0.2) is 70.2 Å². The Balaban J connectivity index is 2.20. The highest BCUT2D eigenvalue weighted by molar-refractivity contribution is 6.13. The van der Waals surface area contributed by atoms with Crippen molar-refractivity contribution in [1.29, 1.82) is 0 Å². The fraction of sp³-hybridized carbons (Fsp3) is 0.111. The van der Waals surface area contributed by atoms with Gasteiger partial charge in [-0.15, -0.1) is 0 Å². The lowest BCUT2D eigenvalue weighted by atomic mass is 10.0. The number of halogens is 3. The number of methoxy groups -OCH3 is 1. The molecule has 128 valence electrons. The molecule has 0 aliphatic heterocycles. The lowest BCUT2D eigenvalue weighted by Crippen LogP contribution is -2.07. The van der Waals surface area contributed by atoms with Crippen LogP contribution in [-0.2, 0) is 6.18 Å². The van der Waals surface area contributed by atoms with E-state index in [-0.39, 0.29) is 0 Å². The Morgan fingerprint density at radius 1 is 0.960 bits per heavy atom. The fourth-order valence-electron chi connectivity index (χ4n) is 2.31. The quantitative estimate of drug-likeness (QED) is 0.633. The van der Waals surface area contributed by atoms with E-state index < -0.39 is 23.5 Å². The van der Waals surface area contributed by atoms with Crippen LogP contribution >= 0.6 is 0 Å². The molecule has 0 saturated carbocycles. The van der Waals surface area contributed by atoms with Crippen molar-refractivity contribution >= 4 is 11.6 Å². The van der Waals surface area contributed by atoms with Crippen LogP contribution in [-0.4, -0.2) is 18.0 Å². The Hall–Kier alpha value is -3.09. The van der Waals surface area contributed by atoms with Gasteiger partial charge in [-0.3, -0.25) is 0 Å². The van der Waals surface area contributed by atoms with Crippen LogP contribution in [0.25, 0.3) is 0 Å². The van der Waals surface area contributed by atoms with Gasteiger partial charge in [-0.2, -0.15) is 13.2 Å². The number of alkyl halides is 3. The van der Waals surface area contributed by atoms with E-state index in [4.69, 9.17) is 4.52 Å². The Morgan fingerprint density at radius 3 is 1.92 bits per heavy atom. The molecule has 0 aliphatic carbocycles. The summed E-state index contributed by atoms with van der Waals surface area (Å²) in [4.78, 5) is 4.12. The second-order valence-electron chi connectivity index (χ2n) is 5.06. The standard InChI is InChI=1S/C18H13F3N2O2/c1-24-17-14(18(19,20)21)16(25-23-17)22-15(12-8-4-2-5-9-12)13-10-6-3-7-11-13/h2-11H,1H3. The summed E-state index contributed by atoms with van der Waals surface area (Å²) in [5.41, 5.74) is 0.499. The Kier molecular flexibility index (Phi) is 4.56. The molecule has 4 nitrogen and oxygen atoms in total. The molecule has 3 rings (SSSR count). The number of benzene rings is 2. The van der Waals surface area contributed by atoms with E-state index >= 15 is 0 Å². The largest absolute Gasteiger partial charge is 0.478 e. The molecular formula is C18H13F3N2O2. The minimum absolute atomic E-state index is 0.338. The van der Waals surface area contributed by atoms with Gasteiger partial charge in [0, 0.05) is 11.1 Å². The van der Waals surface area contributed by atoms with Gasteiger partial charge < -0.3 is 9.26 Å². The van der Waals surface area contributed by atoms with Crippen LogP contribution in [0.4, 0.5) is 19.1 Å². The van der Waals surface area contributed by atoms with Gasteiger partial charge in [0.05, 0.1) is 12.8 Å². The SMILES string of the molecule is COc1noc(N=C(c2ccccc2)c2ccccc2)c1C(F)(F)F. The lowest BCUT2D eigenvalue weighted by molar-refractivity contribution is -0.138. The van der Waals surface area contributed by atoms with Gasteiger partial charge in [0.15, 0.2) is 5.56 Å². The highest BCUT2D eigenvalue weighted by atomic mass is 19.4. The van der Waals surface area contributed by atoms with Gasteiger partial charge in [0.25, 0.3) is 11.8 Å². The molecule has 0 unspecified atom stereocenters. The molecule has 25 heavy (non-hydrogen) atoms. The van der Waals surface area contributed by atoms with Gasteiger partial charge in [0.2, 0.25) is 0 Å². The third kappa shape index (κ3) is 3.55. The molecule has 0 aliphatic rings. The van der Waals surface area contributed by atoms with Gasteiger partial charge in [-0.25, -0.2) is 4.99 Å². The predicted molar refractivity (Wildman–Crippen MR) is 86.2 cm³/mol. The predicted octanol–water partition coefficient (Wildman–Crippen LogP) is 4.87. The van der Waals surface area contributed by atoms with Crippen LogP contribution in [0.5, 0.6) is 5.88 Å². The zero-order valence-corrected chi connectivity index (χ0v) is 13.1. The average Bonchev–Trinajstić information content (AvgIpc) is 3.04. The molecule has 7 heteroatoms. The summed E-state index contributed by atoms with van der Waals surface area (Å²) in [7, 11) is 1.09. The number of aliphatic imine (C=N–C) groups is 1. The van der Waals surface area contributed by atoms with E-state index in [1.165, 1.54) is 0 Å². The summed E-state index contributed by atoms with van der Waals surface area (Å²) in [6.45, 7) is 0. The molecular weight excluding hydrogens is 333 g/mol. The topological polar surface area (TPSA) is 47.6 Å². The van der Waals surface area contributed by atoms with E-state index in [9.17, 15) is 13.2 Å². The summed E-state index contributed by atoms with van der Waals surface area (Å²) < 4.78 is 49.5. The first kappa shape index (κ1) is 16.8. The van der Waals surface area contributed by atoms with Crippen LogP contribution in [0, 0.1) is 0 Å². The third-order valence-corrected chi connectivity index (χ3v) is 3.43. The zero-order valence-electron chi connectivity index (χ0n) is 13.1. The van der Waals surface area contributed by atoms with Gasteiger partial charge >= 0.3 is 6.18 Å². The number of hydrogen-bond acceptors (Lipinski definition) is 4. The highest BCUT2D eigenvalue weighted by Crippen LogP contribution is 2.42. The molecule has 1 aromatic heterocycles. The summed E-state index contributed by atoms with van der Waals surface area (Å²) in [5, 5.41) is 3.32. The van der Waals surface area contributed by atoms with Crippen molar-refractivity contribution in [1.82, 2.24) is 5.16 Å². The minimum Gasteiger partial charge on any atom is -0.478 e. The number of hydrogen-bond donors (Lipinski definition) is 0. The fourth-order valence-corrected chi connectivity index (χ4v) is 2.31. The molecule has 0 spiro atoms. The highest BCUT2D eigenvalue weighted by Gasteiger charge is 2.42. The summed E-state index contributed by atoms with van der Waals surface area (Å²) in [5.74, 6) is -1.29. The maximum atomic E-state index is 13.3. The molecule has 0 atom stereocenters. The van der Waals surface area contributed by atoms with Crippen molar-refractivity contribution in [2.45, 2.75) is 6.18 Å². The molecule has 1 heterocycles. The first-order valence-electron chi connectivity index (χ1n) is 7.31. The molecule has 0 bridgehead atoms. The first-order valence-corrected chi connectivity index (χ1v) is 7.31. The summed E-state index contributed by atoms with van der Waals surface area (Å²) in [6.07, 6.45) is -4.71. The van der Waals surface area contributed by atoms with Crippen molar-refractivity contribution in [3.63, 3.8) is 0 Å². The molecule has 0 radical (unpaired) electrons. The van der Waals surface area contributed by atoms with Gasteiger partial charge in [-0.1, -0.05) is 60.7 Å². The molecule has 0 fully saturated rings. The first-order chi connectivity index (χ1) is 12.0. The van der Waals surface area contributed by atoms with Crippen LogP contribution in [0.1, 0.15) is 16.7 Å². The summed E-state index contributed by atoms with van der Waals surface area (Å²) in [6, 6.07) is 17.8. The number of ether oxygens (including phenoxy) is 1. The van der Waals surface area contributed by atoms with Crippen molar-refractivity contribution in [3.05, 3.63) is 77.4 Å². The normalized spacial score (nSPS) is 11.2. The average molecular weight is 346 g/mol. The van der Waals surface area contributed by atoms with E-state index in [1.54, 1.807) is 48.5 Å². The maximum Gasteiger partial charge on any atom is 0.427 e. The molecule has 0 N–H and O–H groups in total. The smallest absolute Gasteiger partial charge is 0.427 e. The number of aromatic nitrogens is 1. The Bertz CT molecular complexity index is 831. The van der Waals surface area contributed by atoms with Crippen molar-refractivity contribution in [3.8, 4) is 5.88 Å². The molecule has 3 aromatic rings. The zero-order chi connectivity index (χ0) is 17.9. The lowest BCUT2D eigenvalue weighted by Gasteiger charge is -2.08. The van der Waals surface area contributed by atoms with E-state index in [1.807, 2.05) is 12.1 Å². The second-order valence-corrected chi connectivity index (χ2v) is 5.06. The van der Waals surface area contributed by atoms with E-state index in [0.717, 1.165) is 7.11 Å². The Morgan fingerprint density at radius 2 is 1.48 bits per heavy atom. The van der Waals surface area contributed by atoms with Crippen LogP contribution < -0.4 is 4.74 Å². The van der Waals surface area contributed by atoms with Crippen LogP contribution in [0.3, 0.4) is 0 Å². The molecule has 2 aromatic carbocycles. The maximum absolute atomic E-state index is 13.3. The van der Waals surface area contributed by atoms with E-state index in [2.05, 4.69) is 14.9 Å². The van der Waals surface area contributed by atoms with Gasteiger partial charge in [-0.05, 0) is 5.16 Å². The monoisotopic (exact) mass is 346 g/mol. The van der Waals surface area contributed by atoms with Crippen molar-refractivity contribution < 1.29 is 22.4 Å². The van der Waals surface area contributed by atoms with Gasteiger partial charge in [0.1, 0.15) is 0 Å². The molecule has 0 saturated heterocycles. The van der Waals surface area contributed by atoms with Crippen molar-refractivity contribution in [2.75, 3.05) is 7.11 Å². The number of rotatable bonds is 4. The van der Waals surface area contributed by atoms with Crippen molar-refractivity contribution in [2.24, 2.45) is 4.99 Å². The van der Waals surface area contributed by atoms with Crippen LogP contribution in [0.2, 0.25) is 0 Å². The second kappa shape index (κ2) is 6.80. The number of nitrogens with zero attached hydrogens (tertiary/aromatic N) is 2. The third-order valence-electron chi connectivity index (χ3n) is 3.43. The van der Waals surface area contributed by atoms with E-state index in [0.29, 0.717) is 16.8 Å². The Labute approximate surface area is 141 Å².